The maximum Gasteiger partial charge on any atom is 0.264 e. The predicted molar refractivity (Wildman–Crippen MR) is 138 cm³/mol. The summed E-state index contributed by atoms with van der Waals surface area (Å²) in [5.41, 5.74) is 2.40. The molecule has 184 valence electrons. The minimum atomic E-state index is -3.46. The van der Waals surface area contributed by atoms with Crippen LogP contribution in [-0.4, -0.2) is 50.9 Å². The van der Waals surface area contributed by atoms with E-state index < -0.39 is 15.7 Å². The molecular weight excluding hydrogens is 458 g/mol. The van der Waals surface area contributed by atoms with E-state index in [1.807, 2.05) is 18.2 Å². The van der Waals surface area contributed by atoms with Gasteiger partial charge in [-0.15, -0.1) is 0 Å². The van der Waals surface area contributed by atoms with E-state index in [-0.39, 0.29) is 18.2 Å². The average molecular weight is 492 g/mol. The molecule has 0 bridgehead atoms. The molecule has 0 spiro atoms. The largest absolute Gasteiger partial charge is 0.359 e. The minimum Gasteiger partial charge on any atom is -0.359 e. The lowest BCUT2D eigenvalue weighted by atomic mass is 9.79. The van der Waals surface area contributed by atoms with Gasteiger partial charge in [-0.3, -0.25) is 9.08 Å². The van der Waals surface area contributed by atoms with Crippen LogP contribution in [0.25, 0.3) is 0 Å². The Morgan fingerprint density at radius 2 is 1.37 bits per heavy atom. The van der Waals surface area contributed by atoms with Crippen molar-refractivity contribution in [2.75, 3.05) is 26.0 Å². The maximum atomic E-state index is 11.6. The summed E-state index contributed by atoms with van der Waals surface area (Å²) in [4.78, 5) is 2.45. The highest BCUT2D eigenvalue weighted by Crippen LogP contribution is 2.46. The van der Waals surface area contributed by atoms with Gasteiger partial charge < -0.3 is 4.74 Å². The van der Waals surface area contributed by atoms with Crippen molar-refractivity contribution in [2.45, 2.75) is 42.9 Å². The third-order valence-electron chi connectivity index (χ3n) is 7.61. The van der Waals surface area contributed by atoms with Crippen molar-refractivity contribution in [1.29, 1.82) is 0 Å². The van der Waals surface area contributed by atoms with Gasteiger partial charge in [0, 0.05) is 11.6 Å². The lowest BCUT2D eigenvalue weighted by molar-refractivity contribution is -0.0485. The summed E-state index contributed by atoms with van der Waals surface area (Å²) < 4.78 is 35.6. The molecule has 5 rings (SSSR count). The normalized spacial score (nSPS) is 22.8. The van der Waals surface area contributed by atoms with Crippen LogP contribution in [0.1, 0.15) is 42.4 Å². The lowest BCUT2D eigenvalue weighted by Crippen LogP contribution is -2.49. The van der Waals surface area contributed by atoms with E-state index >= 15 is 0 Å². The van der Waals surface area contributed by atoms with Crippen LogP contribution in [0.2, 0.25) is 0 Å². The molecule has 2 heterocycles. The van der Waals surface area contributed by atoms with Crippen LogP contribution in [0, 0.1) is 0 Å². The van der Waals surface area contributed by atoms with E-state index in [0.29, 0.717) is 6.61 Å². The van der Waals surface area contributed by atoms with Crippen molar-refractivity contribution in [2.24, 2.45) is 0 Å². The molecular formula is C29H33NO4S. The molecule has 0 saturated carbocycles. The Kier molecular flexibility index (Phi) is 6.82. The maximum absolute atomic E-state index is 11.6. The number of hydrogen-bond acceptors (Lipinski definition) is 5. The van der Waals surface area contributed by atoms with Gasteiger partial charge in [-0.25, -0.2) is 0 Å². The molecule has 0 aromatic heterocycles. The molecule has 0 amide bonds. The number of nitrogens with zero attached hydrogens (tertiary/aromatic N) is 1. The standard InChI is InChI=1S/C29H33NO4S/c1-35(31,32)34-22-27-18-20-28(19-11-21-30(27)28)23-33-29(24-12-5-2-6-13-24,25-14-7-3-8-15-25)26-16-9-4-10-17-26/h2-10,12-17,27H,11,18-23H2,1H3/t27-,28-/m0/s1. The predicted octanol–water partition coefficient (Wildman–Crippen LogP) is 4.97. The van der Waals surface area contributed by atoms with Crippen molar-refractivity contribution in [1.82, 2.24) is 4.90 Å². The molecule has 6 heteroatoms. The summed E-state index contributed by atoms with van der Waals surface area (Å²) in [6.07, 6.45) is 5.12. The zero-order valence-electron chi connectivity index (χ0n) is 20.2. The van der Waals surface area contributed by atoms with E-state index in [1.165, 1.54) is 0 Å². The van der Waals surface area contributed by atoms with Crippen molar-refractivity contribution in [3.05, 3.63) is 108 Å². The molecule has 3 aromatic rings. The van der Waals surface area contributed by atoms with Crippen LogP contribution in [0.15, 0.2) is 91.0 Å². The highest BCUT2D eigenvalue weighted by atomic mass is 32.2. The molecule has 35 heavy (non-hydrogen) atoms. The Hall–Kier alpha value is -2.51. The summed E-state index contributed by atoms with van der Waals surface area (Å²) in [5, 5.41) is 0. The van der Waals surface area contributed by atoms with Gasteiger partial charge in [0.15, 0.2) is 0 Å². The van der Waals surface area contributed by atoms with Gasteiger partial charge in [0.25, 0.3) is 10.1 Å². The smallest absolute Gasteiger partial charge is 0.264 e. The number of hydrogen-bond donors (Lipinski definition) is 0. The second-order valence-corrected chi connectivity index (χ2v) is 11.4. The molecule has 2 aliphatic heterocycles. The van der Waals surface area contributed by atoms with Gasteiger partial charge >= 0.3 is 0 Å². The molecule has 2 aliphatic rings. The van der Waals surface area contributed by atoms with Crippen LogP contribution in [0.4, 0.5) is 0 Å². The topological polar surface area (TPSA) is 55.8 Å². The fraction of sp³-hybridized carbons (Fsp3) is 0.379. The van der Waals surface area contributed by atoms with E-state index in [2.05, 4.69) is 77.7 Å². The minimum absolute atomic E-state index is 0.0930. The summed E-state index contributed by atoms with van der Waals surface area (Å²) in [6, 6.07) is 31.4. The second-order valence-electron chi connectivity index (χ2n) is 9.77. The second kappa shape index (κ2) is 9.86. The first-order chi connectivity index (χ1) is 16.9. The van der Waals surface area contributed by atoms with Gasteiger partial charge in [0.2, 0.25) is 0 Å². The Bertz CT molecular complexity index is 1120. The first kappa shape index (κ1) is 24.2. The first-order valence-corrected chi connectivity index (χ1v) is 14.2. The van der Waals surface area contributed by atoms with Gasteiger partial charge in [0.05, 0.1) is 19.5 Å². The molecule has 2 fully saturated rings. The van der Waals surface area contributed by atoms with Gasteiger partial charge in [-0.1, -0.05) is 91.0 Å². The van der Waals surface area contributed by atoms with Crippen LogP contribution in [0.5, 0.6) is 0 Å². The molecule has 0 radical (unpaired) electrons. The molecule has 2 saturated heterocycles. The number of benzene rings is 3. The van der Waals surface area contributed by atoms with Crippen molar-refractivity contribution in [3.8, 4) is 0 Å². The number of rotatable bonds is 9. The summed E-state index contributed by atoms with van der Waals surface area (Å²) in [6.45, 7) is 1.71. The molecule has 0 N–H and O–H groups in total. The summed E-state index contributed by atoms with van der Waals surface area (Å²) in [5.74, 6) is 0. The van der Waals surface area contributed by atoms with E-state index in [0.717, 1.165) is 55.2 Å². The molecule has 0 unspecified atom stereocenters. The van der Waals surface area contributed by atoms with Crippen molar-refractivity contribution >= 4 is 10.1 Å². The summed E-state index contributed by atoms with van der Waals surface area (Å²) >= 11 is 0. The van der Waals surface area contributed by atoms with E-state index in [4.69, 9.17) is 8.92 Å². The van der Waals surface area contributed by atoms with Gasteiger partial charge in [-0.05, 0) is 48.9 Å². The fourth-order valence-electron chi connectivity index (χ4n) is 6.00. The zero-order chi connectivity index (χ0) is 24.4. The van der Waals surface area contributed by atoms with Crippen LogP contribution in [0.3, 0.4) is 0 Å². The monoisotopic (exact) mass is 491 g/mol. The number of ether oxygens (including phenoxy) is 1. The Labute approximate surface area is 208 Å². The molecule has 0 aliphatic carbocycles. The average Bonchev–Trinajstić information content (AvgIpc) is 3.44. The number of fused-ring (bicyclic) bond motifs is 1. The van der Waals surface area contributed by atoms with Crippen LogP contribution < -0.4 is 0 Å². The fourth-order valence-corrected chi connectivity index (χ4v) is 6.41. The Balaban J connectivity index is 1.52. The highest BCUT2D eigenvalue weighted by molar-refractivity contribution is 7.85. The van der Waals surface area contributed by atoms with E-state index in [9.17, 15) is 8.42 Å². The van der Waals surface area contributed by atoms with Gasteiger partial charge in [0.1, 0.15) is 5.60 Å². The quantitative estimate of drug-likeness (QED) is 0.313. The van der Waals surface area contributed by atoms with Crippen molar-refractivity contribution < 1.29 is 17.3 Å². The molecule has 3 aromatic carbocycles. The SMILES string of the molecule is CS(=O)(=O)OC[C@@H]1CC[C@]2(COC(c3ccccc3)(c3ccccc3)c3ccccc3)CCCN12. The first-order valence-electron chi connectivity index (χ1n) is 12.3. The molecule has 2 atom stereocenters. The van der Waals surface area contributed by atoms with Gasteiger partial charge in [-0.2, -0.15) is 8.42 Å². The lowest BCUT2D eigenvalue weighted by Gasteiger charge is -2.41. The highest BCUT2D eigenvalue weighted by Gasteiger charge is 2.51. The van der Waals surface area contributed by atoms with E-state index in [1.54, 1.807) is 0 Å². The molecule has 5 nitrogen and oxygen atoms in total. The Morgan fingerprint density at radius 1 is 0.857 bits per heavy atom. The Morgan fingerprint density at radius 3 is 1.86 bits per heavy atom. The van der Waals surface area contributed by atoms with Crippen LogP contribution in [-0.2, 0) is 24.6 Å². The summed E-state index contributed by atoms with van der Waals surface area (Å²) in [7, 11) is -3.46. The third-order valence-corrected chi connectivity index (χ3v) is 8.17. The van der Waals surface area contributed by atoms with Crippen LogP contribution >= 0.6 is 0 Å². The van der Waals surface area contributed by atoms with Crippen molar-refractivity contribution in [3.63, 3.8) is 0 Å². The third kappa shape index (κ3) is 4.81. The zero-order valence-corrected chi connectivity index (χ0v) is 21.0.